The van der Waals surface area contributed by atoms with Crippen molar-refractivity contribution >= 4 is 5.69 Å². The fraction of sp³-hybridized carbons (Fsp3) is 0.429. The first kappa shape index (κ1) is 15.0. The van der Waals surface area contributed by atoms with Gasteiger partial charge in [-0.1, -0.05) is 18.2 Å². The molecule has 2 rings (SSSR count). The second kappa shape index (κ2) is 5.20. The van der Waals surface area contributed by atoms with E-state index < -0.39 is 16.5 Å². The summed E-state index contributed by atoms with van der Waals surface area (Å²) >= 11 is 0. The highest BCUT2D eigenvalue weighted by Crippen LogP contribution is 2.45. The van der Waals surface area contributed by atoms with Crippen molar-refractivity contribution in [1.29, 1.82) is 0 Å². The number of hydroxylamine groups is 2. The number of hydrogen-bond donors (Lipinski definition) is 0. The Hall–Kier alpha value is -1.37. The molecule has 1 atom stereocenters. The van der Waals surface area contributed by atoms with Gasteiger partial charge in [-0.25, -0.2) is 0 Å². The number of hydrogen-bond acceptors (Lipinski definition) is 2. The van der Waals surface area contributed by atoms with E-state index in [0.717, 1.165) is 5.56 Å². The molecule has 1 aliphatic rings. The Morgan fingerprint density at radius 2 is 1.85 bits per heavy atom. The van der Waals surface area contributed by atoms with Gasteiger partial charge in [0, 0.05) is 30.7 Å². The number of halogens is 3. The highest BCUT2D eigenvalue weighted by molar-refractivity contribution is 5.58. The Labute approximate surface area is 115 Å². The van der Waals surface area contributed by atoms with Gasteiger partial charge in [-0.15, -0.1) is 4.65 Å². The molecule has 6 heteroatoms. The van der Waals surface area contributed by atoms with Crippen LogP contribution in [0.3, 0.4) is 0 Å². The van der Waals surface area contributed by atoms with E-state index in [9.17, 15) is 13.2 Å². The Kier molecular flexibility index (Phi) is 3.90. The number of para-hydroxylation sites is 1. The standard InChI is InChI=1S/C14H17F3NO2/c1-18(20-3)12-7-5-4-6-10(12)8-11(9-19-2)13(18)14(15,16)17/h4-7H,8-9H2,1-3H3/q+1. The lowest BCUT2D eigenvalue weighted by atomic mass is 9.95. The minimum atomic E-state index is -4.48. The Bertz CT molecular complexity index is 539. The molecule has 0 aromatic heterocycles. The van der Waals surface area contributed by atoms with Gasteiger partial charge >= 0.3 is 6.18 Å². The van der Waals surface area contributed by atoms with Gasteiger partial charge < -0.3 is 4.74 Å². The normalized spacial score (nSPS) is 22.9. The van der Waals surface area contributed by atoms with Crippen molar-refractivity contribution in [3.8, 4) is 0 Å². The van der Waals surface area contributed by atoms with Crippen molar-refractivity contribution in [1.82, 2.24) is 4.65 Å². The van der Waals surface area contributed by atoms with Gasteiger partial charge in [-0.05, 0) is 0 Å². The van der Waals surface area contributed by atoms with Crippen LogP contribution in [-0.4, -0.2) is 34.1 Å². The lowest BCUT2D eigenvalue weighted by Crippen LogP contribution is -2.51. The number of benzene rings is 1. The van der Waals surface area contributed by atoms with Crippen LogP contribution in [0.25, 0.3) is 0 Å². The topological polar surface area (TPSA) is 18.5 Å². The molecule has 20 heavy (non-hydrogen) atoms. The van der Waals surface area contributed by atoms with Crippen LogP contribution in [-0.2, 0) is 16.0 Å². The summed E-state index contributed by atoms with van der Waals surface area (Å²) in [5, 5.41) is 0. The van der Waals surface area contributed by atoms with Gasteiger partial charge in [0.15, 0.2) is 5.69 Å². The molecule has 0 saturated heterocycles. The molecule has 1 aliphatic heterocycles. The molecule has 0 saturated carbocycles. The zero-order valence-electron chi connectivity index (χ0n) is 11.6. The smallest absolute Gasteiger partial charge is 0.380 e. The molecule has 1 unspecified atom stereocenters. The summed E-state index contributed by atoms with van der Waals surface area (Å²) in [5.74, 6) is 0. The second-order valence-electron chi connectivity index (χ2n) is 4.80. The average Bonchev–Trinajstić information content (AvgIpc) is 2.37. The largest absolute Gasteiger partial charge is 0.470 e. The van der Waals surface area contributed by atoms with Crippen molar-refractivity contribution < 1.29 is 22.7 Å². The fourth-order valence-electron chi connectivity index (χ4n) is 2.74. The van der Waals surface area contributed by atoms with Gasteiger partial charge in [0.25, 0.3) is 5.70 Å². The minimum Gasteiger partial charge on any atom is -0.380 e. The molecule has 0 aliphatic carbocycles. The first-order valence-electron chi connectivity index (χ1n) is 6.14. The molecule has 110 valence electrons. The molecule has 0 spiro atoms. The summed E-state index contributed by atoms with van der Waals surface area (Å²) in [6.07, 6.45) is -4.26. The SMILES string of the molecule is COCC1=C(C(F)(F)F)[N+](C)(OC)c2ccccc2C1. The quantitative estimate of drug-likeness (QED) is 0.795. The Morgan fingerprint density at radius 1 is 1.20 bits per heavy atom. The van der Waals surface area contributed by atoms with Gasteiger partial charge in [-0.3, -0.25) is 0 Å². The third-order valence-electron chi connectivity index (χ3n) is 3.57. The zero-order valence-corrected chi connectivity index (χ0v) is 11.6. The molecule has 0 amide bonds. The number of allylic oxidation sites excluding steroid dienone is 1. The molecule has 0 bridgehead atoms. The minimum absolute atomic E-state index is 0.0691. The first-order chi connectivity index (χ1) is 9.34. The third-order valence-corrected chi connectivity index (χ3v) is 3.57. The first-order valence-corrected chi connectivity index (χ1v) is 6.14. The second-order valence-corrected chi connectivity index (χ2v) is 4.80. The highest BCUT2D eigenvalue weighted by Gasteiger charge is 2.55. The predicted molar refractivity (Wildman–Crippen MR) is 69.8 cm³/mol. The molecule has 1 aromatic carbocycles. The van der Waals surface area contributed by atoms with Crippen LogP contribution in [0.2, 0.25) is 0 Å². The van der Waals surface area contributed by atoms with E-state index in [1.165, 1.54) is 21.3 Å². The number of ether oxygens (including phenoxy) is 1. The maximum absolute atomic E-state index is 13.5. The summed E-state index contributed by atoms with van der Waals surface area (Å²) in [6, 6.07) is 6.99. The van der Waals surface area contributed by atoms with E-state index >= 15 is 0 Å². The van der Waals surface area contributed by atoms with Crippen LogP contribution >= 0.6 is 0 Å². The Morgan fingerprint density at radius 3 is 2.40 bits per heavy atom. The van der Waals surface area contributed by atoms with E-state index in [1.54, 1.807) is 12.1 Å². The Balaban J connectivity index is 2.69. The van der Waals surface area contributed by atoms with Crippen LogP contribution < -0.4 is 4.65 Å². The fourth-order valence-corrected chi connectivity index (χ4v) is 2.74. The average molecular weight is 288 g/mol. The third kappa shape index (κ3) is 2.34. The van der Waals surface area contributed by atoms with Gasteiger partial charge in [0.2, 0.25) is 0 Å². The molecule has 1 aromatic rings. The molecular formula is C14H17F3NO2+. The lowest BCUT2D eigenvalue weighted by molar-refractivity contribution is -0.167. The predicted octanol–water partition coefficient (Wildman–Crippen LogP) is 3.20. The molecule has 3 nitrogen and oxygen atoms in total. The number of quaternary nitrogens is 1. The summed E-state index contributed by atoms with van der Waals surface area (Å²) in [7, 11) is 4.06. The highest BCUT2D eigenvalue weighted by atomic mass is 19.4. The van der Waals surface area contributed by atoms with E-state index in [1.807, 2.05) is 12.1 Å². The number of fused-ring (bicyclic) bond motifs is 1. The number of methoxy groups -OCH3 is 1. The summed E-state index contributed by atoms with van der Waals surface area (Å²) in [6.45, 7) is -0.0691. The number of rotatable bonds is 3. The monoisotopic (exact) mass is 288 g/mol. The van der Waals surface area contributed by atoms with E-state index in [4.69, 9.17) is 9.57 Å². The molecule has 0 fully saturated rings. The number of alkyl halides is 3. The van der Waals surface area contributed by atoms with Gasteiger partial charge in [-0.2, -0.15) is 18.0 Å². The summed E-state index contributed by atoms with van der Waals surface area (Å²) < 4.78 is 44.7. The van der Waals surface area contributed by atoms with Gasteiger partial charge in [0.1, 0.15) is 7.05 Å². The van der Waals surface area contributed by atoms with Gasteiger partial charge in [0.05, 0.1) is 13.7 Å². The zero-order chi connectivity index (χ0) is 15.0. The van der Waals surface area contributed by atoms with Crippen molar-refractivity contribution in [2.45, 2.75) is 12.6 Å². The van der Waals surface area contributed by atoms with E-state index in [-0.39, 0.29) is 18.6 Å². The van der Waals surface area contributed by atoms with Crippen LogP contribution in [0.1, 0.15) is 5.56 Å². The van der Waals surface area contributed by atoms with Crippen molar-refractivity contribution in [3.63, 3.8) is 0 Å². The maximum atomic E-state index is 13.5. The summed E-state index contributed by atoms with van der Waals surface area (Å²) in [5.41, 5.74) is 0.808. The lowest BCUT2D eigenvalue weighted by Gasteiger charge is -2.37. The van der Waals surface area contributed by atoms with Crippen LogP contribution in [0, 0.1) is 0 Å². The molecule has 1 heterocycles. The van der Waals surface area contributed by atoms with Crippen molar-refractivity contribution in [2.75, 3.05) is 27.9 Å². The van der Waals surface area contributed by atoms with Crippen molar-refractivity contribution in [3.05, 3.63) is 41.1 Å². The van der Waals surface area contributed by atoms with Crippen molar-refractivity contribution in [2.24, 2.45) is 0 Å². The van der Waals surface area contributed by atoms with Crippen LogP contribution in [0.5, 0.6) is 0 Å². The molecular weight excluding hydrogens is 271 g/mol. The maximum Gasteiger partial charge on any atom is 0.470 e. The van der Waals surface area contributed by atoms with Crippen LogP contribution in [0.15, 0.2) is 35.5 Å². The van der Waals surface area contributed by atoms with Crippen LogP contribution in [0.4, 0.5) is 18.9 Å². The van der Waals surface area contributed by atoms with E-state index in [0.29, 0.717) is 5.69 Å². The van der Waals surface area contributed by atoms with E-state index in [2.05, 4.69) is 0 Å². The molecule has 0 radical (unpaired) electrons. The molecule has 0 N–H and O–H groups in total. The number of nitrogens with zero attached hydrogens (tertiary/aromatic N) is 1. The summed E-state index contributed by atoms with van der Waals surface area (Å²) in [4.78, 5) is 5.22.